The van der Waals surface area contributed by atoms with Gasteiger partial charge in [0, 0.05) is 5.02 Å². The third-order valence-electron chi connectivity index (χ3n) is 3.49. The number of hydrogen-bond acceptors (Lipinski definition) is 5. The second-order valence-corrected chi connectivity index (χ2v) is 5.59. The molecule has 7 nitrogen and oxygen atoms in total. The number of benzene rings is 1. The van der Waals surface area contributed by atoms with E-state index in [0.29, 0.717) is 22.2 Å². The number of furan rings is 1. The van der Waals surface area contributed by atoms with Gasteiger partial charge in [-0.05, 0) is 37.3 Å². The minimum absolute atomic E-state index is 0.00973. The summed E-state index contributed by atoms with van der Waals surface area (Å²) in [7, 11) is 0. The number of halogens is 1. The normalized spacial score (nSPS) is 12.1. The van der Waals surface area contributed by atoms with E-state index in [1.54, 1.807) is 37.3 Å². The van der Waals surface area contributed by atoms with E-state index < -0.39 is 12.0 Å². The molecule has 0 aliphatic carbocycles. The number of aliphatic hydroxyl groups is 1. The second-order valence-electron chi connectivity index (χ2n) is 5.16. The van der Waals surface area contributed by atoms with Gasteiger partial charge in [0.2, 0.25) is 0 Å². The van der Waals surface area contributed by atoms with Gasteiger partial charge in [-0.3, -0.25) is 4.79 Å². The minimum atomic E-state index is -0.924. The smallest absolute Gasteiger partial charge is 0.273 e. The lowest BCUT2D eigenvalue weighted by Crippen LogP contribution is -2.29. The number of hydrogen-bond donors (Lipinski definition) is 2. The zero-order valence-corrected chi connectivity index (χ0v) is 13.6. The molecule has 0 fully saturated rings. The Bertz CT molecular complexity index is 845. The highest BCUT2D eigenvalue weighted by atomic mass is 35.5. The van der Waals surface area contributed by atoms with Gasteiger partial charge in [0.1, 0.15) is 11.9 Å². The Morgan fingerprint density at radius 3 is 2.96 bits per heavy atom. The molecule has 1 atom stereocenters. The van der Waals surface area contributed by atoms with Crippen molar-refractivity contribution < 1.29 is 14.3 Å². The molecule has 1 unspecified atom stereocenters. The van der Waals surface area contributed by atoms with Gasteiger partial charge < -0.3 is 14.8 Å². The van der Waals surface area contributed by atoms with Crippen LogP contribution in [0.5, 0.6) is 0 Å². The standard InChI is InChI=1S/C16H15ClN4O3/c1-10-15(16(23)18-9-13(22)14-6-3-7-24-14)19-20-21(10)12-5-2-4-11(17)8-12/h2-8,13,22H,9H2,1H3,(H,18,23). The van der Waals surface area contributed by atoms with Crippen LogP contribution in [-0.4, -0.2) is 32.6 Å². The van der Waals surface area contributed by atoms with Crippen LogP contribution in [0.4, 0.5) is 0 Å². The van der Waals surface area contributed by atoms with Gasteiger partial charge in [-0.1, -0.05) is 22.9 Å². The quantitative estimate of drug-likeness (QED) is 0.739. The Hall–Kier alpha value is -2.64. The van der Waals surface area contributed by atoms with Gasteiger partial charge in [0.15, 0.2) is 5.69 Å². The summed E-state index contributed by atoms with van der Waals surface area (Å²) in [5.41, 5.74) is 1.46. The monoisotopic (exact) mass is 346 g/mol. The van der Waals surface area contributed by atoms with Crippen LogP contribution in [0.3, 0.4) is 0 Å². The highest BCUT2D eigenvalue weighted by molar-refractivity contribution is 6.30. The second kappa shape index (κ2) is 6.86. The first-order valence-corrected chi connectivity index (χ1v) is 7.62. The van der Waals surface area contributed by atoms with Crippen molar-refractivity contribution in [2.45, 2.75) is 13.0 Å². The molecule has 2 heterocycles. The number of carbonyl (C=O) groups excluding carboxylic acids is 1. The number of aromatic nitrogens is 3. The summed E-state index contributed by atoms with van der Waals surface area (Å²) in [5, 5.41) is 21.0. The van der Waals surface area contributed by atoms with E-state index in [9.17, 15) is 9.90 Å². The van der Waals surface area contributed by atoms with Crippen LogP contribution in [0.1, 0.15) is 28.0 Å². The van der Waals surface area contributed by atoms with E-state index >= 15 is 0 Å². The van der Waals surface area contributed by atoms with E-state index in [1.165, 1.54) is 10.9 Å². The Kier molecular flexibility index (Phi) is 4.64. The van der Waals surface area contributed by atoms with E-state index in [4.69, 9.17) is 16.0 Å². The molecule has 24 heavy (non-hydrogen) atoms. The van der Waals surface area contributed by atoms with Crippen LogP contribution in [0.2, 0.25) is 5.02 Å². The number of nitrogens with one attached hydrogen (secondary N) is 1. The van der Waals surface area contributed by atoms with Crippen molar-refractivity contribution >= 4 is 17.5 Å². The summed E-state index contributed by atoms with van der Waals surface area (Å²) in [6.07, 6.45) is 0.536. The topological polar surface area (TPSA) is 93.2 Å². The fourth-order valence-corrected chi connectivity index (χ4v) is 2.43. The maximum Gasteiger partial charge on any atom is 0.273 e. The largest absolute Gasteiger partial charge is 0.467 e. The number of nitrogens with zero attached hydrogens (tertiary/aromatic N) is 3. The maximum atomic E-state index is 12.3. The molecule has 3 aromatic rings. The number of rotatable bonds is 5. The molecule has 2 aromatic heterocycles. The van der Waals surface area contributed by atoms with Crippen LogP contribution in [0, 0.1) is 6.92 Å². The molecule has 2 N–H and O–H groups in total. The Morgan fingerprint density at radius 2 is 2.25 bits per heavy atom. The fourth-order valence-electron chi connectivity index (χ4n) is 2.25. The van der Waals surface area contributed by atoms with Crippen LogP contribution >= 0.6 is 11.6 Å². The van der Waals surface area contributed by atoms with Crippen molar-refractivity contribution in [3.05, 3.63) is 64.8 Å². The Morgan fingerprint density at radius 1 is 1.42 bits per heavy atom. The van der Waals surface area contributed by atoms with Gasteiger partial charge in [0.05, 0.1) is 24.2 Å². The van der Waals surface area contributed by atoms with E-state index in [1.807, 2.05) is 6.07 Å². The van der Waals surface area contributed by atoms with Gasteiger partial charge in [-0.25, -0.2) is 4.68 Å². The van der Waals surface area contributed by atoms with Gasteiger partial charge in [-0.15, -0.1) is 5.10 Å². The van der Waals surface area contributed by atoms with E-state index in [0.717, 1.165) is 0 Å². The SMILES string of the molecule is Cc1c(C(=O)NCC(O)c2ccco2)nnn1-c1cccc(Cl)c1. The van der Waals surface area contributed by atoms with Crippen LogP contribution in [0.15, 0.2) is 47.1 Å². The van der Waals surface area contributed by atoms with E-state index in [-0.39, 0.29) is 12.2 Å². The molecule has 124 valence electrons. The summed E-state index contributed by atoms with van der Waals surface area (Å²) in [5.74, 6) is -0.0408. The average Bonchev–Trinajstić information content (AvgIpc) is 3.22. The summed E-state index contributed by atoms with van der Waals surface area (Å²) >= 11 is 5.97. The zero-order valence-electron chi connectivity index (χ0n) is 12.8. The third kappa shape index (κ3) is 3.32. The van der Waals surface area contributed by atoms with Crippen molar-refractivity contribution in [3.8, 4) is 5.69 Å². The van der Waals surface area contributed by atoms with Gasteiger partial charge >= 0.3 is 0 Å². The molecule has 0 aliphatic heterocycles. The lowest BCUT2D eigenvalue weighted by atomic mass is 10.2. The maximum absolute atomic E-state index is 12.3. The van der Waals surface area contributed by atoms with Crippen LogP contribution in [-0.2, 0) is 0 Å². The molecule has 1 amide bonds. The Balaban J connectivity index is 1.72. The Labute approximate surface area is 142 Å². The number of aliphatic hydroxyl groups excluding tert-OH is 1. The molecular weight excluding hydrogens is 332 g/mol. The first kappa shape index (κ1) is 16.2. The highest BCUT2D eigenvalue weighted by Gasteiger charge is 2.19. The molecule has 0 saturated heterocycles. The molecule has 0 spiro atoms. The molecule has 0 saturated carbocycles. The van der Waals surface area contributed by atoms with Gasteiger partial charge in [-0.2, -0.15) is 0 Å². The lowest BCUT2D eigenvalue weighted by molar-refractivity contribution is 0.0895. The van der Waals surface area contributed by atoms with Crippen molar-refractivity contribution in [2.24, 2.45) is 0 Å². The predicted octanol–water partition coefficient (Wildman–Crippen LogP) is 2.29. The molecule has 0 radical (unpaired) electrons. The van der Waals surface area contributed by atoms with Crippen molar-refractivity contribution in [2.75, 3.05) is 6.54 Å². The summed E-state index contributed by atoms with van der Waals surface area (Å²) < 4.78 is 6.62. The third-order valence-corrected chi connectivity index (χ3v) is 3.73. The van der Waals surface area contributed by atoms with Crippen LogP contribution in [0.25, 0.3) is 5.69 Å². The highest BCUT2D eigenvalue weighted by Crippen LogP contribution is 2.17. The van der Waals surface area contributed by atoms with Crippen molar-refractivity contribution in [3.63, 3.8) is 0 Å². The molecule has 8 heteroatoms. The summed E-state index contributed by atoms with van der Waals surface area (Å²) in [6.45, 7) is 1.74. The first-order valence-electron chi connectivity index (χ1n) is 7.24. The average molecular weight is 347 g/mol. The van der Waals surface area contributed by atoms with Gasteiger partial charge in [0.25, 0.3) is 5.91 Å². The molecule has 0 aliphatic rings. The first-order chi connectivity index (χ1) is 11.6. The van der Waals surface area contributed by atoms with Crippen LogP contribution < -0.4 is 5.32 Å². The molecule has 1 aromatic carbocycles. The summed E-state index contributed by atoms with van der Waals surface area (Å²) in [6, 6.07) is 10.4. The minimum Gasteiger partial charge on any atom is -0.467 e. The van der Waals surface area contributed by atoms with Crippen molar-refractivity contribution in [1.82, 2.24) is 20.3 Å². The zero-order chi connectivity index (χ0) is 17.1. The fraction of sp³-hybridized carbons (Fsp3) is 0.188. The summed E-state index contributed by atoms with van der Waals surface area (Å²) in [4.78, 5) is 12.3. The predicted molar refractivity (Wildman–Crippen MR) is 87.1 cm³/mol. The number of amides is 1. The molecule has 3 rings (SSSR count). The van der Waals surface area contributed by atoms with Crippen molar-refractivity contribution in [1.29, 1.82) is 0 Å². The van der Waals surface area contributed by atoms with E-state index in [2.05, 4.69) is 15.6 Å². The lowest BCUT2D eigenvalue weighted by Gasteiger charge is -2.09. The molecule has 0 bridgehead atoms. The number of carbonyl (C=O) groups is 1. The molecular formula is C16H15ClN4O3.